The van der Waals surface area contributed by atoms with Gasteiger partial charge < -0.3 is 5.32 Å². The summed E-state index contributed by atoms with van der Waals surface area (Å²) in [6, 6.07) is 11.8. The van der Waals surface area contributed by atoms with Crippen LogP contribution in [0.1, 0.15) is 21.5 Å². The Kier molecular flexibility index (Phi) is 4.87. The Morgan fingerprint density at radius 3 is 2.24 bits per heavy atom. The number of nitrogens with one attached hydrogen (secondary N) is 1. The van der Waals surface area contributed by atoms with E-state index in [-0.39, 0.29) is 12.5 Å². The van der Waals surface area contributed by atoms with Crippen molar-refractivity contribution in [3.05, 3.63) is 68.8 Å². The van der Waals surface area contributed by atoms with Crippen LogP contribution in [-0.2, 0) is 12.7 Å². The summed E-state index contributed by atoms with van der Waals surface area (Å²) in [6.45, 7) is 0.182. The zero-order chi connectivity index (χ0) is 15.5. The molecule has 0 aliphatic heterocycles. The Bertz CT molecular complexity index is 638. The van der Waals surface area contributed by atoms with Crippen LogP contribution in [0.2, 0.25) is 0 Å². The Morgan fingerprint density at radius 2 is 1.67 bits per heavy atom. The zero-order valence-corrected chi connectivity index (χ0v) is 12.9. The molecular formula is C15H11F3INO. The van der Waals surface area contributed by atoms with Crippen LogP contribution in [0, 0.1) is 3.57 Å². The van der Waals surface area contributed by atoms with E-state index < -0.39 is 11.7 Å². The molecule has 2 nitrogen and oxygen atoms in total. The highest BCUT2D eigenvalue weighted by atomic mass is 127. The Morgan fingerprint density at radius 1 is 1.05 bits per heavy atom. The molecule has 0 atom stereocenters. The normalized spacial score (nSPS) is 11.2. The van der Waals surface area contributed by atoms with Gasteiger partial charge in [-0.25, -0.2) is 0 Å². The lowest BCUT2D eigenvalue weighted by Crippen LogP contribution is -2.23. The second-order valence-electron chi connectivity index (χ2n) is 4.36. The number of amides is 1. The maximum absolute atomic E-state index is 12.4. The van der Waals surface area contributed by atoms with Gasteiger partial charge in [-0.05, 0) is 52.4 Å². The van der Waals surface area contributed by atoms with E-state index in [1.165, 1.54) is 12.1 Å². The molecule has 2 rings (SSSR count). The maximum Gasteiger partial charge on any atom is 0.416 e. The molecule has 0 bridgehead atoms. The number of carbonyl (C=O) groups is 1. The molecule has 1 N–H and O–H groups in total. The van der Waals surface area contributed by atoms with Crippen molar-refractivity contribution in [1.29, 1.82) is 0 Å². The van der Waals surface area contributed by atoms with Crippen LogP contribution in [-0.4, -0.2) is 5.91 Å². The summed E-state index contributed by atoms with van der Waals surface area (Å²) in [5, 5.41) is 2.69. The first-order valence-corrected chi connectivity index (χ1v) is 7.14. The van der Waals surface area contributed by atoms with Crippen molar-refractivity contribution in [3.8, 4) is 0 Å². The fourth-order valence-corrected chi connectivity index (χ4v) is 2.37. The van der Waals surface area contributed by atoms with E-state index in [0.29, 0.717) is 11.1 Å². The third-order valence-electron chi connectivity index (χ3n) is 2.85. The number of benzene rings is 2. The minimum atomic E-state index is -4.35. The van der Waals surface area contributed by atoms with Crippen LogP contribution in [0.25, 0.3) is 0 Å². The monoisotopic (exact) mass is 405 g/mol. The predicted octanol–water partition coefficient (Wildman–Crippen LogP) is 4.24. The van der Waals surface area contributed by atoms with E-state index in [2.05, 4.69) is 27.9 Å². The molecule has 0 aliphatic carbocycles. The zero-order valence-electron chi connectivity index (χ0n) is 10.7. The molecular weight excluding hydrogens is 394 g/mol. The number of alkyl halides is 3. The van der Waals surface area contributed by atoms with Crippen molar-refractivity contribution >= 4 is 28.5 Å². The van der Waals surface area contributed by atoms with Gasteiger partial charge in [0.25, 0.3) is 5.91 Å². The van der Waals surface area contributed by atoms with E-state index in [1.807, 2.05) is 12.1 Å². The smallest absolute Gasteiger partial charge is 0.348 e. The lowest BCUT2D eigenvalue weighted by Gasteiger charge is -2.09. The molecule has 0 saturated carbocycles. The van der Waals surface area contributed by atoms with Crippen LogP contribution in [0.5, 0.6) is 0 Å². The summed E-state index contributed by atoms with van der Waals surface area (Å²) in [5.74, 6) is -0.250. The summed E-state index contributed by atoms with van der Waals surface area (Å²) in [4.78, 5) is 12.0. The summed E-state index contributed by atoms with van der Waals surface area (Å²) in [6.07, 6.45) is -4.35. The summed E-state index contributed by atoms with van der Waals surface area (Å²) in [5.41, 5.74) is 0.461. The second-order valence-corrected chi connectivity index (χ2v) is 5.52. The van der Waals surface area contributed by atoms with Crippen LogP contribution in [0.4, 0.5) is 13.2 Å². The fourth-order valence-electron chi connectivity index (χ4n) is 1.73. The molecule has 0 aliphatic rings. The first-order chi connectivity index (χ1) is 9.88. The first kappa shape index (κ1) is 15.8. The Balaban J connectivity index is 2.00. The minimum absolute atomic E-state index is 0.182. The van der Waals surface area contributed by atoms with Crippen LogP contribution in [0.3, 0.4) is 0 Å². The lowest BCUT2D eigenvalue weighted by molar-refractivity contribution is -0.137. The second kappa shape index (κ2) is 6.46. The highest BCUT2D eigenvalue weighted by molar-refractivity contribution is 14.1. The van der Waals surface area contributed by atoms with Crippen LogP contribution in [0.15, 0.2) is 48.5 Å². The van der Waals surface area contributed by atoms with E-state index in [9.17, 15) is 18.0 Å². The summed E-state index contributed by atoms with van der Waals surface area (Å²) in [7, 11) is 0. The third kappa shape index (κ3) is 4.20. The standard InChI is InChI=1S/C15H11F3INO/c16-15(17,18)11-7-5-10(6-8-11)9-20-14(21)12-3-1-2-4-13(12)19/h1-8H,9H2,(H,20,21). The van der Waals surface area contributed by atoms with E-state index >= 15 is 0 Å². The maximum atomic E-state index is 12.4. The SMILES string of the molecule is O=C(NCc1ccc(C(F)(F)F)cc1)c1ccccc1I. The number of carbonyl (C=O) groups excluding carboxylic acids is 1. The first-order valence-electron chi connectivity index (χ1n) is 6.07. The Hall–Kier alpha value is -1.57. The largest absolute Gasteiger partial charge is 0.416 e. The van der Waals surface area contributed by atoms with Gasteiger partial charge >= 0.3 is 6.18 Å². The highest BCUT2D eigenvalue weighted by Crippen LogP contribution is 2.29. The van der Waals surface area contributed by atoms with Crippen molar-refractivity contribution in [2.24, 2.45) is 0 Å². The van der Waals surface area contributed by atoms with E-state index in [0.717, 1.165) is 15.7 Å². The average Bonchev–Trinajstić information content (AvgIpc) is 2.45. The highest BCUT2D eigenvalue weighted by Gasteiger charge is 2.29. The quantitative estimate of drug-likeness (QED) is 0.761. The molecule has 0 unspecified atom stereocenters. The molecule has 2 aromatic carbocycles. The number of hydrogen-bond acceptors (Lipinski definition) is 1. The molecule has 1 amide bonds. The summed E-state index contributed by atoms with van der Waals surface area (Å²) < 4.78 is 38.1. The lowest BCUT2D eigenvalue weighted by atomic mass is 10.1. The molecule has 21 heavy (non-hydrogen) atoms. The molecule has 0 fully saturated rings. The Labute approximate surface area is 133 Å². The third-order valence-corrected chi connectivity index (χ3v) is 3.79. The van der Waals surface area contributed by atoms with Crippen molar-refractivity contribution < 1.29 is 18.0 Å². The molecule has 0 radical (unpaired) electrons. The van der Waals surface area contributed by atoms with Gasteiger partial charge in [0.05, 0.1) is 11.1 Å². The molecule has 6 heteroatoms. The number of rotatable bonds is 3. The number of halogens is 4. The van der Waals surface area contributed by atoms with Gasteiger partial charge in [-0.2, -0.15) is 13.2 Å². The van der Waals surface area contributed by atoms with Crippen LogP contribution < -0.4 is 5.32 Å². The minimum Gasteiger partial charge on any atom is -0.348 e. The summed E-state index contributed by atoms with van der Waals surface area (Å²) >= 11 is 2.06. The van der Waals surface area contributed by atoms with Crippen molar-refractivity contribution in [1.82, 2.24) is 5.32 Å². The van der Waals surface area contributed by atoms with E-state index in [4.69, 9.17) is 0 Å². The fraction of sp³-hybridized carbons (Fsp3) is 0.133. The van der Waals surface area contributed by atoms with Crippen molar-refractivity contribution in [2.45, 2.75) is 12.7 Å². The van der Waals surface area contributed by atoms with Crippen molar-refractivity contribution in [2.75, 3.05) is 0 Å². The topological polar surface area (TPSA) is 29.1 Å². The number of hydrogen-bond donors (Lipinski definition) is 1. The molecule has 0 saturated heterocycles. The predicted molar refractivity (Wildman–Crippen MR) is 81.8 cm³/mol. The average molecular weight is 405 g/mol. The van der Waals surface area contributed by atoms with Gasteiger partial charge in [-0.1, -0.05) is 24.3 Å². The van der Waals surface area contributed by atoms with Gasteiger partial charge in [0.15, 0.2) is 0 Å². The molecule has 110 valence electrons. The molecule has 0 spiro atoms. The van der Waals surface area contributed by atoms with Gasteiger partial charge in [-0.15, -0.1) is 0 Å². The molecule has 2 aromatic rings. The van der Waals surface area contributed by atoms with Gasteiger partial charge in [0.2, 0.25) is 0 Å². The van der Waals surface area contributed by atoms with Gasteiger partial charge in [-0.3, -0.25) is 4.79 Å². The van der Waals surface area contributed by atoms with Gasteiger partial charge in [0, 0.05) is 10.1 Å². The molecule has 0 heterocycles. The van der Waals surface area contributed by atoms with E-state index in [1.54, 1.807) is 12.1 Å². The van der Waals surface area contributed by atoms with Gasteiger partial charge in [0.1, 0.15) is 0 Å². The van der Waals surface area contributed by atoms with Crippen molar-refractivity contribution in [3.63, 3.8) is 0 Å². The molecule has 0 aromatic heterocycles. The van der Waals surface area contributed by atoms with Crippen LogP contribution >= 0.6 is 22.6 Å².